The summed E-state index contributed by atoms with van der Waals surface area (Å²) >= 11 is 6.80. The second-order valence-electron chi connectivity index (χ2n) is 3.38. The van der Waals surface area contributed by atoms with Crippen LogP contribution in [0.25, 0.3) is 0 Å². The lowest BCUT2D eigenvalue weighted by atomic mass is 10.1. The van der Waals surface area contributed by atoms with Crippen LogP contribution in [0.1, 0.15) is 24.6 Å². The number of pyridine rings is 1. The van der Waals surface area contributed by atoms with Crippen molar-refractivity contribution in [1.29, 1.82) is 0 Å². The van der Waals surface area contributed by atoms with Crippen LogP contribution in [0.15, 0.2) is 22.8 Å². The van der Waals surface area contributed by atoms with E-state index in [-0.39, 0.29) is 6.10 Å². The zero-order valence-corrected chi connectivity index (χ0v) is 10.8. The first-order chi connectivity index (χ1) is 6.79. The Kier molecular flexibility index (Phi) is 3.57. The van der Waals surface area contributed by atoms with Gasteiger partial charge < -0.3 is 4.74 Å². The molecule has 1 aromatic rings. The molecule has 4 heteroatoms. The van der Waals surface area contributed by atoms with Gasteiger partial charge in [-0.3, -0.25) is 4.98 Å². The molecule has 0 amide bonds. The second kappa shape index (κ2) is 4.73. The van der Waals surface area contributed by atoms with Crippen LogP contribution in [-0.4, -0.2) is 16.4 Å². The van der Waals surface area contributed by atoms with Crippen molar-refractivity contribution in [2.24, 2.45) is 0 Å². The molecule has 0 aliphatic carbocycles. The highest BCUT2D eigenvalue weighted by Crippen LogP contribution is 2.32. The Bertz CT molecular complexity index is 301. The summed E-state index contributed by atoms with van der Waals surface area (Å²) in [5.74, 6) is 0. The molecule has 1 aromatic heterocycles. The summed E-state index contributed by atoms with van der Waals surface area (Å²) in [6.07, 6.45) is 4.55. The number of alkyl halides is 1. The minimum Gasteiger partial charge on any atom is -0.368 e. The molecule has 0 aromatic carbocycles. The van der Waals surface area contributed by atoms with Gasteiger partial charge in [-0.15, -0.1) is 0 Å². The lowest BCUT2D eigenvalue weighted by Gasteiger charge is -2.11. The van der Waals surface area contributed by atoms with E-state index < -0.39 is 0 Å². The topological polar surface area (TPSA) is 22.1 Å². The normalized spacial score (nSPS) is 26.7. The van der Waals surface area contributed by atoms with E-state index in [1.54, 1.807) is 0 Å². The third-order valence-corrected chi connectivity index (χ3v) is 3.55. The zero-order valence-electron chi connectivity index (χ0n) is 7.62. The number of rotatable bonds is 2. The molecule has 1 aliphatic heterocycles. The smallest absolute Gasteiger partial charge is 0.0999 e. The van der Waals surface area contributed by atoms with Crippen LogP contribution in [-0.2, 0) is 4.74 Å². The summed E-state index contributed by atoms with van der Waals surface area (Å²) in [6, 6.07) is 4.03. The third-order valence-electron chi connectivity index (χ3n) is 2.36. The predicted octanol–water partition coefficient (Wildman–Crippen LogP) is 3.46. The van der Waals surface area contributed by atoms with Gasteiger partial charge in [0.15, 0.2) is 0 Å². The molecule has 2 unspecified atom stereocenters. The van der Waals surface area contributed by atoms with Crippen LogP contribution in [0.3, 0.4) is 0 Å². The number of aromatic nitrogens is 1. The molecule has 0 spiro atoms. The van der Waals surface area contributed by atoms with E-state index in [9.17, 15) is 0 Å². The molecule has 2 heterocycles. The monoisotopic (exact) mass is 319 g/mol. The van der Waals surface area contributed by atoms with Gasteiger partial charge >= 0.3 is 0 Å². The summed E-state index contributed by atoms with van der Waals surface area (Å²) in [5.41, 5.74) is 1.04. The number of hydrogen-bond acceptors (Lipinski definition) is 2. The van der Waals surface area contributed by atoms with Gasteiger partial charge in [0, 0.05) is 16.0 Å². The van der Waals surface area contributed by atoms with E-state index in [4.69, 9.17) is 4.74 Å². The molecule has 1 saturated heterocycles. The number of nitrogens with zero attached hydrogens (tertiary/aromatic N) is 1. The van der Waals surface area contributed by atoms with Gasteiger partial charge in [0.05, 0.1) is 17.9 Å². The molecule has 1 fully saturated rings. The van der Waals surface area contributed by atoms with Crippen LogP contribution in [0.5, 0.6) is 0 Å². The van der Waals surface area contributed by atoms with Crippen molar-refractivity contribution in [3.8, 4) is 0 Å². The maximum absolute atomic E-state index is 5.81. The Hall–Kier alpha value is 0.0700. The average Bonchev–Trinajstić information content (AvgIpc) is 2.67. The molecule has 0 bridgehead atoms. The molecule has 0 N–H and O–H groups in total. The summed E-state index contributed by atoms with van der Waals surface area (Å²) in [7, 11) is 0. The average molecular weight is 321 g/mol. The van der Waals surface area contributed by atoms with E-state index in [1.807, 2.05) is 18.3 Å². The van der Waals surface area contributed by atoms with Crippen molar-refractivity contribution in [3.05, 3.63) is 28.5 Å². The molecule has 2 rings (SSSR count). The fourth-order valence-corrected chi connectivity index (χ4v) is 2.33. The van der Waals surface area contributed by atoms with Crippen molar-refractivity contribution < 1.29 is 4.74 Å². The van der Waals surface area contributed by atoms with E-state index in [0.717, 1.165) is 28.3 Å². The van der Waals surface area contributed by atoms with Crippen molar-refractivity contribution in [2.75, 3.05) is 5.33 Å². The van der Waals surface area contributed by atoms with E-state index >= 15 is 0 Å². The zero-order chi connectivity index (χ0) is 9.97. The Labute approximate surface area is 100 Å². The van der Waals surface area contributed by atoms with E-state index in [0.29, 0.717) is 6.10 Å². The SMILES string of the molecule is BrCC1CCC(c2ccc(Br)cn2)O1. The Morgan fingerprint density at radius 1 is 1.43 bits per heavy atom. The molecule has 2 atom stereocenters. The molecular formula is C10H11Br2NO. The molecule has 76 valence electrons. The van der Waals surface area contributed by atoms with Crippen molar-refractivity contribution in [1.82, 2.24) is 4.98 Å². The van der Waals surface area contributed by atoms with Crippen molar-refractivity contribution >= 4 is 31.9 Å². The van der Waals surface area contributed by atoms with Crippen molar-refractivity contribution in [3.63, 3.8) is 0 Å². The second-order valence-corrected chi connectivity index (χ2v) is 4.94. The highest BCUT2D eigenvalue weighted by Gasteiger charge is 2.26. The number of hydrogen-bond donors (Lipinski definition) is 0. The molecule has 1 aliphatic rings. The molecule has 0 radical (unpaired) electrons. The van der Waals surface area contributed by atoms with Gasteiger partial charge in [-0.2, -0.15) is 0 Å². The van der Waals surface area contributed by atoms with Gasteiger partial charge in [-0.25, -0.2) is 0 Å². The Balaban J connectivity index is 2.06. The molecule has 14 heavy (non-hydrogen) atoms. The highest BCUT2D eigenvalue weighted by molar-refractivity contribution is 9.10. The lowest BCUT2D eigenvalue weighted by molar-refractivity contribution is 0.0563. The van der Waals surface area contributed by atoms with Crippen LogP contribution in [0, 0.1) is 0 Å². The third kappa shape index (κ3) is 2.35. The minimum atomic E-state index is 0.186. The van der Waals surface area contributed by atoms with Crippen molar-refractivity contribution in [2.45, 2.75) is 25.0 Å². The van der Waals surface area contributed by atoms with Gasteiger partial charge in [-0.1, -0.05) is 15.9 Å². The Morgan fingerprint density at radius 2 is 2.29 bits per heavy atom. The molecule has 2 nitrogen and oxygen atoms in total. The summed E-state index contributed by atoms with van der Waals surface area (Å²) in [4.78, 5) is 4.34. The van der Waals surface area contributed by atoms with E-state index in [1.165, 1.54) is 0 Å². The lowest BCUT2D eigenvalue weighted by Crippen LogP contribution is -2.07. The van der Waals surface area contributed by atoms with Gasteiger partial charge in [0.2, 0.25) is 0 Å². The van der Waals surface area contributed by atoms with Gasteiger partial charge in [0.1, 0.15) is 0 Å². The summed E-state index contributed by atoms with van der Waals surface area (Å²) in [5, 5.41) is 0.917. The van der Waals surface area contributed by atoms with Gasteiger partial charge in [-0.05, 0) is 40.9 Å². The first kappa shape index (κ1) is 10.6. The van der Waals surface area contributed by atoms with E-state index in [2.05, 4.69) is 36.8 Å². The van der Waals surface area contributed by atoms with Crippen LogP contribution < -0.4 is 0 Å². The van der Waals surface area contributed by atoms with Crippen LogP contribution in [0.2, 0.25) is 0 Å². The highest BCUT2D eigenvalue weighted by atomic mass is 79.9. The standard InChI is InChI=1S/C10H11Br2NO/c11-5-8-2-4-10(14-8)9-3-1-7(12)6-13-9/h1,3,6,8,10H,2,4-5H2. The van der Waals surface area contributed by atoms with Crippen LogP contribution in [0.4, 0.5) is 0 Å². The fraction of sp³-hybridized carbons (Fsp3) is 0.500. The maximum atomic E-state index is 5.81. The van der Waals surface area contributed by atoms with Gasteiger partial charge in [0.25, 0.3) is 0 Å². The fourth-order valence-electron chi connectivity index (χ4n) is 1.61. The maximum Gasteiger partial charge on any atom is 0.0999 e. The quantitative estimate of drug-likeness (QED) is 0.779. The summed E-state index contributed by atoms with van der Waals surface area (Å²) in [6.45, 7) is 0. The number of ether oxygens (including phenoxy) is 1. The number of halogens is 2. The first-order valence-corrected chi connectivity index (χ1v) is 6.54. The molecular weight excluding hydrogens is 310 g/mol. The first-order valence-electron chi connectivity index (χ1n) is 4.62. The predicted molar refractivity (Wildman–Crippen MR) is 62.6 cm³/mol. The Morgan fingerprint density at radius 3 is 2.86 bits per heavy atom. The minimum absolute atomic E-state index is 0.186. The largest absolute Gasteiger partial charge is 0.368 e. The van der Waals surface area contributed by atoms with Crippen LogP contribution >= 0.6 is 31.9 Å². The summed E-state index contributed by atoms with van der Waals surface area (Å²) < 4.78 is 6.82. The molecule has 0 saturated carbocycles.